The number of hydrogen-bond donors (Lipinski definition) is 2. The van der Waals surface area contributed by atoms with Crippen LogP contribution in [0.15, 0.2) is 18.2 Å². The molecular weight excluding hydrogens is 306 g/mol. The molecule has 1 fully saturated rings. The van der Waals surface area contributed by atoms with Gasteiger partial charge in [-0.15, -0.1) is 0 Å². The molecule has 6 heteroatoms. The van der Waals surface area contributed by atoms with Crippen LogP contribution >= 0.6 is 0 Å². The van der Waals surface area contributed by atoms with Gasteiger partial charge in [0.1, 0.15) is 0 Å². The van der Waals surface area contributed by atoms with Crippen molar-refractivity contribution in [2.45, 2.75) is 45.2 Å². The van der Waals surface area contributed by atoms with E-state index in [0.29, 0.717) is 31.8 Å². The first kappa shape index (κ1) is 16.8. The lowest BCUT2D eigenvalue weighted by molar-refractivity contribution is -0.118. The summed E-state index contributed by atoms with van der Waals surface area (Å²) < 4.78 is 0. The lowest BCUT2D eigenvalue weighted by atomic mass is 9.87. The standard InChI is InChI=1S/C18H25N3O3/c1-11(2)9-16-14-10-13(20-8-6-15(19)17(20)22)4-3-12(14)5-7-21(16)18(23)24/h3-4,10-11,15-16H,5-9,19H2,1-2H3,(H,23,24)/t15-,16?/m0/s1. The summed E-state index contributed by atoms with van der Waals surface area (Å²) in [6.45, 7) is 5.34. The largest absolute Gasteiger partial charge is 0.465 e. The lowest BCUT2D eigenvalue weighted by Crippen LogP contribution is -2.40. The maximum absolute atomic E-state index is 12.2. The number of anilines is 1. The van der Waals surface area contributed by atoms with Gasteiger partial charge in [0.25, 0.3) is 0 Å². The number of benzene rings is 1. The molecule has 0 radical (unpaired) electrons. The summed E-state index contributed by atoms with van der Waals surface area (Å²) in [6.07, 6.45) is 1.27. The van der Waals surface area contributed by atoms with Gasteiger partial charge in [-0.25, -0.2) is 4.79 Å². The van der Waals surface area contributed by atoms with Crippen LogP contribution in [0, 0.1) is 5.92 Å². The number of carbonyl (C=O) groups excluding carboxylic acids is 1. The fraction of sp³-hybridized carbons (Fsp3) is 0.556. The highest BCUT2D eigenvalue weighted by Crippen LogP contribution is 2.37. The minimum atomic E-state index is -0.879. The van der Waals surface area contributed by atoms with Crippen LogP contribution in [0.25, 0.3) is 0 Å². The maximum Gasteiger partial charge on any atom is 0.407 e. The summed E-state index contributed by atoms with van der Waals surface area (Å²) in [7, 11) is 0. The molecule has 0 bridgehead atoms. The van der Waals surface area contributed by atoms with E-state index in [1.54, 1.807) is 4.90 Å². The van der Waals surface area contributed by atoms with Gasteiger partial charge in [0, 0.05) is 18.8 Å². The molecule has 1 saturated heterocycles. The van der Waals surface area contributed by atoms with Crippen LogP contribution in [-0.4, -0.2) is 41.1 Å². The molecule has 3 N–H and O–H groups in total. The number of carboxylic acid groups (broad SMARTS) is 1. The predicted molar refractivity (Wildman–Crippen MR) is 92.0 cm³/mol. The Morgan fingerprint density at radius 2 is 2.12 bits per heavy atom. The molecule has 0 saturated carbocycles. The summed E-state index contributed by atoms with van der Waals surface area (Å²) in [4.78, 5) is 27.1. The Balaban J connectivity index is 1.98. The molecule has 0 aliphatic carbocycles. The zero-order valence-corrected chi connectivity index (χ0v) is 14.2. The first-order chi connectivity index (χ1) is 11.4. The van der Waals surface area contributed by atoms with Gasteiger partial charge in [-0.2, -0.15) is 0 Å². The Kier molecular flexibility index (Phi) is 4.49. The SMILES string of the molecule is CC(C)CC1c2cc(N3CC[C@H](N)C3=O)ccc2CCN1C(=O)O. The quantitative estimate of drug-likeness (QED) is 0.890. The van der Waals surface area contributed by atoms with Gasteiger partial charge >= 0.3 is 6.09 Å². The van der Waals surface area contributed by atoms with Crippen LogP contribution in [0.4, 0.5) is 10.5 Å². The predicted octanol–water partition coefficient (Wildman–Crippen LogP) is 2.37. The second-order valence-corrected chi connectivity index (χ2v) is 7.14. The van der Waals surface area contributed by atoms with Gasteiger partial charge in [-0.05, 0) is 48.4 Å². The van der Waals surface area contributed by atoms with E-state index in [-0.39, 0.29) is 11.9 Å². The van der Waals surface area contributed by atoms with Gasteiger partial charge in [-0.1, -0.05) is 19.9 Å². The number of amides is 2. The normalized spacial score (nSPS) is 23.8. The average molecular weight is 331 g/mol. The molecule has 1 aromatic rings. The highest BCUT2D eigenvalue weighted by atomic mass is 16.4. The highest BCUT2D eigenvalue weighted by molar-refractivity contribution is 5.99. The van der Waals surface area contributed by atoms with Crippen molar-refractivity contribution >= 4 is 17.7 Å². The Labute approximate surface area is 142 Å². The molecule has 2 aliphatic heterocycles. The number of fused-ring (bicyclic) bond motifs is 1. The fourth-order valence-electron chi connectivity index (χ4n) is 3.74. The van der Waals surface area contributed by atoms with Crippen LogP contribution in [0.3, 0.4) is 0 Å². The molecule has 1 aromatic carbocycles. The summed E-state index contributed by atoms with van der Waals surface area (Å²) in [6, 6.07) is 5.40. The second kappa shape index (κ2) is 6.43. The van der Waals surface area contributed by atoms with Crippen molar-refractivity contribution < 1.29 is 14.7 Å². The number of nitrogens with two attached hydrogens (primary N) is 1. The first-order valence-corrected chi connectivity index (χ1v) is 8.58. The van der Waals surface area contributed by atoms with Gasteiger partial charge in [0.2, 0.25) is 5.91 Å². The molecule has 24 heavy (non-hydrogen) atoms. The summed E-state index contributed by atoms with van der Waals surface area (Å²) in [5.74, 6) is 0.328. The van der Waals surface area contributed by atoms with E-state index in [4.69, 9.17) is 5.73 Å². The third-order valence-corrected chi connectivity index (χ3v) is 4.99. The number of rotatable bonds is 3. The van der Waals surface area contributed by atoms with Gasteiger partial charge in [-0.3, -0.25) is 4.79 Å². The molecule has 3 rings (SSSR count). The van der Waals surface area contributed by atoms with Crippen molar-refractivity contribution in [1.29, 1.82) is 0 Å². The van der Waals surface area contributed by atoms with E-state index >= 15 is 0 Å². The van der Waals surface area contributed by atoms with Crippen LogP contribution in [0.2, 0.25) is 0 Å². The molecule has 2 aliphatic rings. The second-order valence-electron chi connectivity index (χ2n) is 7.14. The monoisotopic (exact) mass is 331 g/mol. The first-order valence-electron chi connectivity index (χ1n) is 8.58. The van der Waals surface area contributed by atoms with Crippen molar-refractivity contribution in [3.63, 3.8) is 0 Å². The van der Waals surface area contributed by atoms with Crippen LogP contribution in [0.1, 0.15) is 43.9 Å². The minimum absolute atomic E-state index is 0.0544. The smallest absolute Gasteiger partial charge is 0.407 e. The zero-order chi connectivity index (χ0) is 17.4. The Morgan fingerprint density at radius 3 is 2.71 bits per heavy atom. The molecule has 1 unspecified atom stereocenters. The molecule has 0 spiro atoms. The van der Waals surface area contributed by atoms with Crippen LogP contribution < -0.4 is 10.6 Å². The van der Waals surface area contributed by atoms with E-state index in [0.717, 1.165) is 17.7 Å². The number of carbonyl (C=O) groups is 2. The van der Waals surface area contributed by atoms with Crippen molar-refractivity contribution in [2.24, 2.45) is 11.7 Å². The summed E-state index contributed by atoms with van der Waals surface area (Å²) in [5.41, 5.74) is 8.86. The molecule has 2 atom stereocenters. The Hall–Kier alpha value is -2.08. The van der Waals surface area contributed by atoms with Crippen molar-refractivity contribution in [1.82, 2.24) is 4.90 Å². The average Bonchev–Trinajstić information content (AvgIpc) is 2.86. The Morgan fingerprint density at radius 1 is 1.38 bits per heavy atom. The summed E-state index contributed by atoms with van der Waals surface area (Å²) >= 11 is 0. The van der Waals surface area contributed by atoms with Gasteiger partial charge in [0.05, 0.1) is 12.1 Å². The number of nitrogens with zero attached hydrogens (tertiary/aromatic N) is 2. The van der Waals surface area contributed by atoms with E-state index in [1.807, 2.05) is 18.2 Å². The fourth-order valence-corrected chi connectivity index (χ4v) is 3.74. The van der Waals surface area contributed by atoms with Crippen molar-refractivity contribution in [3.05, 3.63) is 29.3 Å². The van der Waals surface area contributed by atoms with Crippen LogP contribution in [0.5, 0.6) is 0 Å². The van der Waals surface area contributed by atoms with E-state index in [9.17, 15) is 14.7 Å². The van der Waals surface area contributed by atoms with E-state index in [2.05, 4.69) is 13.8 Å². The molecule has 130 valence electrons. The Bertz CT molecular complexity index is 659. The summed E-state index contributed by atoms with van der Waals surface area (Å²) in [5, 5.41) is 9.55. The molecule has 6 nitrogen and oxygen atoms in total. The third kappa shape index (κ3) is 2.98. The maximum atomic E-state index is 12.2. The van der Waals surface area contributed by atoms with Crippen molar-refractivity contribution in [2.75, 3.05) is 18.0 Å². The lowest BCUT2D eigenvalue weighted by Gasteiger charge is -2.37. The van der Waals surface area contributed by atoms with Crippen molar-refractivity contribution in [3.8, 4) is 0 Å². The minimum Gasteiger partial charge on any atom is -0.465 e. The zero-order valence-electron chi connectivity index (χ0n) is 14.2. The molecular formula is C18H25N3O3. The number of hydrogen-bond acceptors (Lipinski definition) is 3. The molecule has 0 aromatic heterocycles. The topological polar surface area (TPSA) is 86.9 Å². The van der Waals surface area contributed by atoms with Crippen LogP contribution in [-0.2, 0) is 11.2 Å². The van der Waals surface area contributed by atoms with E-state index in [1.165, 1.54) is 10.5 Å². The van der Waals surface area contributed by atoms with Gasteiger partial charge in [0.15, 0.2) is 0 Å². The third-order valence-electron chi connectivity index (χ3n) is 4.99. The highest BCUT2D eigenvalue weighted by Gasteiger charge is 2.34. The van der Waals surface area contributed by atoms with Gasteiger partial charge < -0.3 is 20.6 Å². The molecule has 2 amide bonds. The molecule has 2 heterocycles. The van der Waals surface area contributed by atoms with E-state index < -0.39 is 12.1 Å².